The Morgan fingerprint density at radius 1 is 0.889 bits per heavy atom. The Labute approximate surface area is 107 Å². The first-order valence-corrected chi connectivity index (χ1v) is 6.21. The van der Waals surface area contributed by atoms with Crippen molar-refractivity contribution in [3.63, 3.8) is 0 Å². The number of rotatable bonds is 3. The van der Waals surface area contributed by atoms with E-state index in [2.05, 4.69) is 47.6 Å². The zero-order valence-electron chi connectivity index (χ0n) is 10.0. The molecule has 0 heterocycles. The molecule has 3 rings (SSSR count). The molecule has 0 aromatic heterocycles. The van der Waals surface area contributed by atoms with Gasteiger partial charge in [0, 0.05) is 0 Å². The van der Waals surface area contributed by atoms with Crippen LogP contribution >= 0.6 is 0 Å². The summed E-state index contributed by atoms with van der Waals surface area (Å²) in [5, 5.41) is 11.5. The quantitative estimate of drug-likeness (QED) is 0.492. The Kier molecular flexibility index (Phi) is 2.85. The Bertz CT molecular complexity index is 545. The topological polar surface area (TPSA) is 32.6 Å². The van der Waals surface area contributed by atoms with Gasteiger partial charge in [0.05, 0.1) is 6.21 Å². The fourth-order valence-electron chi connectivity index (χ4n) is 2.53. The summed E-state index contributed by atoms with van der Waals surface area (Å²) in [5.41, 5.74) is 3.74. The second-order valence-electron chi connectivity index (χ2n) is 4.77. The fraction of sp³-hybridized carbons (Fsp3) is 0.188. The van der Waals surface area contributed by atoms with Crippen LogP contribution in [-0.2, 0) is 0 Å². The van der Waals surface area contributed by atoms with Crippen molar-refractivity contribution in [1.29, 1.82) is 0 Å². The molecule has 18 heavy (non-hydrogen) atoms. The van der Waals surface area contributed by atoms with Gasteiger partial charge in [0.2, 0.25) is 0 Å². The summed E-state index contributed by atoms with van der Waals surface area (Å²) in [6, 6.07) is 18.9. The van der Waals surface area contributed by atoms with E-state index in [9.17, 15) is 0 Å². The fourth-order valence-corrected chi connectivity index (χ4v) is 2.53. The maximum atomic E-state index is 8.47. The van der Waals surface area contributed by atoms with Crippen LogP contribution in [-0.4, -0.2) is 11.4 Å². The Balaban J connectivity index is 1.74. The smallest absolute Gasteiger partial charge is 0.0733 e. The standard InChI is InChI=1S/C16H15NO/c18-17-11-12-6-8-14(9-7-12)16-10-15(16)13-4-2-1-3-5-13/h1-9,11,15-16,18H,10H2/b17-11+. The molecule has 1 aliphatic rings. The maximum absolute atomic E-state index is 8.47. The van der Waals surface area contributed by atoms with E-state index in [-0.39, 0.29) is 0 Å². The van der Waals surface area contributed by atoms with Gasteiger partial charge < -0.3 is 5.21 Å². The van der Waals surface area contributed by atoms with E-state index >= 15 is 0 Å². The highest BCUT2D eigenvalue weighted by Gasteiger charge is 2.39. The zero-order chi connectivity index (χ0) is 12.4. The van der Waals surface area contributed by atoms with Crippen molar-refractivity contribution in [2.75, 3.05) is 0 Å². The summed E-state index contributed by atoms with van der Waals surface area (Å²) in [6.45, 7) is 0. The lowest BCUT2D eigenvalue weighted by Gasteiger charge is -2.01. The molecule has 90 valence electrons. The van der Waals surface area contributed by atoms with Crippen molar-refractivity contribution in [2.45, 2.75) is 18.3 Å². The van der Waals surface area contributed by atoms with Gasteiger partial charge in [-0.05, 0) is 34.9 Å². The minimum atomic E-state index is 0.646. The van der Waals surface area contributed by atoms with Crippen LogP contribution in [0.4, 0.5) is 0 Å². The summed E-state index contributed by atoms with van der Waals surface area (Å²) in [4.78, 5) is 0. The minimum absolute atomic E-state index is 0.646. The monoisotopic (exact) mass is 237 g/mol. The van der Waals surface area contributed by atoms with Crippen LogP contribution in [0.15, 0.2) is 59.8 Å². The van der Waals surface area contributed by atoms with Gasteiger partial charge in [-0.25, -0.2) is 0 Å². The maximum Gasteiger partial charge on any atom is 0.0733 e. The highest BCUT2D eigenvalue weighted by molar-refractivity contribution is 5.79. The lowest BCUT2D eigenvalue weighted by Crippen LogP contribution is -1.86. The molecule has 2 nitrogen and oxygen atoms in total. The molecule has 0 bridgehead atoms. The number of nitrogens with zero attached hydrogens (tertiary/aromatic N) is 1. The third kappa shape index (κ3) is 2.14. The molecule has 1 fully saturated rings. The van der Waals surface area contributed by atoms with E-state index in [0.717, 1.165) is 5.56 Å². The molecule has 0 spiro atoms. The van der Waals surface area contributed by atoms with E-state index in [1.165, 1.54) is 23.8 Å². The van der Waals surface area contributed by atoms with Crippen molar-refractivity contribution in [1.82, 2.24) is 0 Å². The molecule has 2 unspecified atom stereocenters. The van der Waals surface area contributed by atoms with Gasteiger partial charge in [0.25, 0.3) is 0 Å². The van der Waals surface area contributed by atoms with Gasteiger partial charge in [-0.3, -0.25) is 0 Å². The first-order chi connectivity index (χ1) is 8.88. The third-order valence-corrected chi connectivity index (χ3v) is 3.59. The summed E-state index contributed by atoms with van der Waals surface area (Å²) in [7, 11) is 0. The van der Waals surface area contributed by atoms with Crippen molar-refractivity contribution >= 4 is 6.21 Å². The summed E-state index contributed by atoms with van der Waals surface area (Å²) in [5.74, 6) is 1.32. The normalized spacial score (nSPS) is 22.2. The van der Waals surface area contributed by atoms with Gasteiger partial charge >= 0.3 is 0 Å². The lowest BCUT2D eigenvalue weighted by atomic mass is 10.0. The second kappa shape index (κ2) is 4.65. The van der Waals surface area contributed by atoms with Crippen molar-refractivity contribution < 1.29 is 5.21 Å². The Morgan fingerprint density at radius 3 is 2.11 bits per heavy atom. The van der Waals surface area contributed by atoms with Crippen LogP contribution in [0.1, 0.15) is 34.9 Å². The minimum Gasteiger partial charge on any atom is -0.411 e. The molecule has 2 aromatic carbocycles. The van der Waals surface area contributed by atoms with Crippen molar-refractivity contribution in [2.24, 2.45) is 5.16 Å². The van der Waals surface area contributed by atoms with Gasteiger partial charge in [0.15, 0.2) is 0 Å². The molecule has 1 N–H and O–H groups in total. The highest BCUT2D eigenvalue weighted by Crippen LogP contribution is 2.54. The molecule has 0 aliphatic heterocycles. The van der Waals surface area contributed by atoms with E-state index in [4.69, 9.17) is 5.21 Å². The molecule has 1 saturated carbocycles. The van der Waals surface area contributed by atoms with E-state index in [0.29, 0.717) is 11.8 Å². The van der Waals surface area contributed by atoms with Crippen LogP contribution in [0.2, 0.25) is 0 Å². The first-order valence-electron chi connectivity index (χ1n) is 6.21. The van der Waals surface area contributed by atoms with Crippen LogP contribution in [0.3, 0.4) is 0 Å². The van der Waals surface area contributed by atoms with E-state index in [1.807, 2.05) is 12.1 Å². The van der Waals surface area contributed by atoms with Gasteiger partial charge in [-0.2, -0.15) is 0 Å². The van der Waals surface area contributed by atoms with Crippen molar-refractivity contribution in [3.05, 3.63) is 71.3 Å². The second-order valence-corrected chi connectivity index (χ2v) is 4.77. The molecular formula is C16H15NO. The molecule has 2 heteroatoms. The van der Waals surface area contributed by atoms with Crippen LogP contribution < -0.4 is 0 Å². The Hall–Kier alpha value is -2.09. The molecule has 2 atom stereocenters. The number of oxime groups is 1. The van der Waals surface area contributed by atoms with Crippen LogP contribution in [0.25, 0.3) is 0 Å². The number of benzene rings is 2. The highest BCUT2D eigenvalue weighted by atomic mass is 16.4. The molecule has 0 radical (unpaired) electrons. The number of hydrogen-bond donors (Lipinski definition) is 1. The largest absolute Gasteiger partial charge is 0.411 e. The van der Waals surface area contributed by atoms with Gasteiger partial charge in [-0.1, -0.05) is 59.8 Å². The van der Waals surface area contributed by atoms with Gasteiger partial charge in [-0.15, -0.1) is 0 Å². The number of hydrogen-bond acceptors (Lipinski definition) is 2. The van der Waals surface area contributed by atoms with Crippen LogP contribution in [0.5, 0.6) is 0 Å². The first kappa shape index (κ1) is 11.0. The molecule has 1 aliphatic carbocycles. The third-order valence-electron chi connectivity index (χ3n) is 3.59. The predicted octanol–water partition coefficient (Wildman–Crippen LogP) is 3.77. The Morgan fingerprint density at radius 2 is 1.50 bits per heavy atom. The zero-order valence-corrected chi connectivity index (χ0v) is 10.0. The van der Waals surface area contributed by atoms with E-state index < -0.39 is 0 Å². The summed E-state index contributed by atoms with van der Waals surface area (Å²) in [6.07, 6.45) is 2.68. The SMILES string of the molecule is O/N=C/c1ccc(C2CC2c2ccccc2)cc1. The molecule has 0 amide bonds. The predicted molar refractivity (Wildman–Crippen MR) is 72.4 cm³/mol. The average molecular weight is 237 g/mol. The summed E-state index contributed by atoms with van der Waals surface area (Å²) >= 11 is 0. The lowest BCUT2D eigenvalue weighted by molar-refractivity contribution is 0.322. The summed E-state index contributed by atoms with van der Waals surface area (Å²) < 4.78 is 0. The average Bonchev–Trinajstić information content (AvgIpc) is 3.21. The molecule has 2 aromatic rings. The van der Waals surface area contributed by atoms with Crippen LogP contribution in [0, 0.1) is 0 Å². The molecular weight excluding hydrogens is 222 g/mol. The van der Waals surface area contributed by atoms with Gasteiger partial charge in [0.1, 0.15) is 0 Å². The van der Waals surface area contributed by atoms with E-state index in [1.54, 1.807) is 0 Å². The molecule has 0 saturated heterocycles. The van der Waals surface area contributed by atoms with Crippen molar-refractivity contribution in [3.8, 4) is 0 Å².